The van der Waals surface area contributed by atoms with Gasteiger partial charge in [-0.05, 0) is 32.8 Å². The first-order chi connectivity index (χ1) is 16.8. The van der Waals surface area contributed by atoms with Crippen molar-refractivity contribution in [2.24, 2.45) is 0 Å². The van der Waals surface area contributed by atoms with Crippen molar-refractivity contribution in [2.45, 2.75) is 45.1 Å². The molecule has 3 heterocycles. The van der Waals surface area contributed by atoms with Gasteiger partial charge in [-0.3, -0.25) is 4.79 Å². The fourth-order valence-electron chi connectivity index (χ4n) is 4.98. The number of anilines is 2. The second-order valence-corrected chi connectivity index (χ2v) is 11.8. The SMILES string of the molecule is CCS(=O)(=O)N1CCN(c2cc(C#N)c(N3CCN(C(=O)CCOC)C(C)C3)nc2C2CC2)CC1. The molecule has 4 rings (SSSR count). The Kier molecular flexibility index (Phi) is 7.83. The van der Waals surface area contributed by atoms with E-state index >= 15 is 0 Å². The van der Waals surface area contributed by atoms with E-state index in [0.717, 1.165) is 24.2 Å². The summed E-state index contributed by atoms with van der Waals surface area (Å²) in [4.78, 5) is 23.8. The maximum absolute atomic E-state index is 12.5. The summed E-state index contributed by atoms with van der Waals surface area (Å²) in [7, 11) is -1.60. The van der Waals surface area contributed by atoms with Crippen molar-refractivity contribution in [3.05, 3.63) is 17.3 Å². The highest BCUT2D eigenvalue weighted by Crippen LogP contribution is 2.45. The number of ether oxygens (including phenoxy) is 1. The molecule has 1 aromatic rings. The molecular formula is C24H36N6O4S. The van der Waals surface area contributed by atoms with E-state index in [1.165, 1.54) is 0 Å². The smallest absolute Gasteiger partial charge is 0.225 e. The van der Waals surface area contributed by atoms with Gasteiger partial charge in [0.25, 0.3) is 0 Å². The Labute approximate surface area is 208 Å². The molecule has 1 saturated carbocycles. The zero-order chi connectivity index (χ0) is 25.2. The molecule has 0 radical (unpaired) electrons. The minimum Gasteiger partial charge on any atom is -0.384 e. The maximum atomic E-state index is 12.5. The van der Waals surface area contributed by atoms with Gasteiger partial charge in [-0.25, -0.2) is 13.4 Å². The number of carbonyl (C=O) groups is 1. The van der Waals surface area contributed by atoms with E-state index in [-0.39, 0.29) is 17.7 Å². The van der Waals surface area contributed by atoms with E-state index < -0.39 is 10.0 Å². The molecule has 35 heavy (non-hydrogen) atoms. The quantitative estimate of drug-likeness (QED) is 0.522. The summed E-state index contributed by atoms with van der Waals surface area (Å²) < 4.78 is 31.1. The van der Waals surface area contributed by atoms with E-state index in [0.29, 0.717) is 76.1 Å². The van der Waals surface area contributed by atoms with Crippen LogP contribution in [-0.2, 0) is 19.6 Å². The lowest BCUT2D eigenvalue weighted by Gasteiger charge is -2.41. The Morgan fingerprint density at radius 2 is 1.86 bits per heavy atom. The van der Waals surface area contributed by atoms with Crippen LogP contribution in [-0.4, -0.2) is 99.8 Å². The molecule has 1 atom stereocenters. The molecule has 1 amide bonds. The first-order valence-electron chi connectivity index (χ1n) is 12.5. The number of aromatic nitrogens is 1. The molecule has 0 bridgehead atoms. The Balaban J connectivity index is 1.54. The van der Waals surface area contributed by atoms with Crippen molar-refractivity contribution in [3.63, 3.8) is 0 Å². The summed E-state index contributed by atoms with van der Waals surface area (Å²) in [6, 6.07) is 4.30. The minimum absolute atomic E-state index is 0.0130. The van der Waals surface area contributed by atoms with Gasteiger partial charge in [0, 0.05) is 64.9 Å². The van der Waals surface area contributed by atoms with Gasteiger partial charge in [0.15, 0.2) is 0 Å². The van der Waals surface area contributed by atoms with Gasteiger partial charge < -0.3 is 19.4 Å². The molecule has 0 spiro atoms. The molecule has 0 N–H and O–H groups in total. The van der Waals surface area contributed by atoms with Gasteiger partial charge in [-0.2, -0.15) is 9.57 Å². The van der Waals surface area contributed by atoms with Crippen LogP contribution in [0.2, 0.25) is 0 Å². The zero-order valence-corrected chi connectivity index (χ0v) is 21.8. The molecule has 192 valence electrons. The van der Waals surface area contributed by atoms with Crippen LogP contribution >= 0.6 is 0 Å². The van der Waals surface area contributed by atoms with Crippen LogP contribution in [0.5, 0.6) is 0 Å². The molecule has 11 heteroatoms. The van der Waals surface area contributed by atoms with Crippen LogP contribution in [0.1, 0.15) is 50.3 Å². The number of carbonyl (C=O) groups excluding carboxylic acids is 1. The minimum atomic E-state index is -3.20. The van der Waals surface area contributed by atoms with Gasteiger partial charge in [0.1, 0.15) is 11.9 Å². The lowest BCUT2D eigenvalue weighted by atomic mass is 10.1. The zero-order valence-electron chi connectivity index (χ0n) is 20.9. The summed E-state index contributed by atoms with van der Waals surface area (Å²) in [6.45, 7) is 8.02. The second-order valence-electron chi connectivity index (χ2n) is 9.56. The summed E-state index contributed by atoms with van der Waals surface area (Å²) in [5.74, 6) is 1.27. The highest BCUT2D eigenvalue weighted by Gasteiger charge is 2.35. The molecule has 1 unspecified atom stereocenters. The summed E-state index contributed by atoms with van der Waals surface area (Å²) in [5.41, 5.74) is 2.50. The molecule has 2 aliphatic heterocycles. The number of methoxy groups -OCH3 is 1. The van der Waals surface area contributed by atoms with Gasteiger partial charge >= 0.3 is 0 Å². The monoisotopic (exact) mass is 504 g/mol. The van der Waals surface area contributed by atoms with Crippen molar-refractivity contribution in [2.75, 3.05) is 75.1 Å². The Morgan fingerprint density at radius 1 is 1.17 bits per heavy atom. The Bertz CT molecular complexity index is 1080. The van der Waals surface area contributed by atoms with E-state index in [4.69, 9.17) is 9.72 Å². The molecule has 2 saturated heterocycles. The van der Waals surface area contributed by atoms with Crippen molar-refractivity contribution in [1.82, 2.24) is 14.2 Å². The predicted octanol–water partition coefficient (Wildman–Crippen LogP) is 1.38. The van der Waals surface area contributed by atoms with Gasteiger partial charge in [0.2, 0.25) is 15.9 Å². The number of nitrogens with zero attached hydrogens (tertiary/aromatic N) is 6. The van der Waals surface area contributed by atoms with Gasteiger partial charge in [0.05, 0.1) is 35.7 Å². The number of sulfonamides is 1. The fourth-order valence-corrected chi connectivity index (χ4v) is 6.07. The first-order valence-corrected chi connectivity index (χ1v) is 14.1. The number of pyridine rings is 1. The predicted molar refractivity (Wildman–Crippen MR) is 134 cm³/mol. The van der Waals surface area contributed by atoms with Crippen LogP contribution < -0.4 is 9.80 Å². The molecule has 1 aliphatic carbocycles. The van der Waals surface area contributed by atoms with E-state index in [1.807, 2.05) is 17.9 Å². The largest absolute Gasteiger partial charge is 0.384 e. The van der Waals surface area contributed by atoms with Crippen LogP contribution in [0.25, 0.3) is 0 Å². The number of piperazine rings is 2. The lowest BCUT2D eigenvalue weighted by Crippen LogP contribution is -2.54. The fraction of sp³-hybridized carbons (Fsp3) is 0.708. The summed E-state index contributed by atoms with van der Waals surface area (Å²) in [6.07, 6.45) is 2.53. The molecule has 3 aliphatic rings. The van der Waals surface area contributed by atoms with Crippen LogP contribution in [0.4, 0.5) is 11.5 Å². The first kappa shape index (κ1) is 25.7. The third-order valence-electron chi connectivity index (χ3n) is 7.20. The van der Waals surface area contributed by atoms with E-state index in [1.54, 1.807) is 18.3 Å². The van der Waals surface area contributed by atoms with Crippen molar-refractivity contribution < 1.29 is 17.9 Å². The summed E-state index contributed by atoms with van der Waals surface area (Å²) >= 11 is 0. The van der Waals surface area contributed by atoms with Crippen molar-refractivity contribution >= 4 is 27.4 Å². The molecule has 10 nitrogen and oxygen atoms in total. The number of amides is 1. The van der Waals surface area contributed by atoms with E-state index in [9.17, 15) is 18.5 Å². The van der Waals surface area contributed by atoms with Crippen molar-refractivity contribution in [3.8, 4) is 6.07 Å². The molecule has 0 aromatic carbocycles. The molecule has 3 fully saturated rings. The number of rotatable bonds is 8. The highest BCUT2D eigenvalue weighted by molar-refractivity contribution is 7.89. The maximum Gasteiger partial charge on any atom is 0.225 e. The average molecular weight is 505 g/mol. The van der Waals surface area contributed by atoms with Crippen molar-refractivity contribution in [1.29, 1.82) is 5.26 Å². The molecular weight excluding hydrogens is 468 g/mol. The van der Waals surface area contributed by atoms with Crippen LogP contribution in [0.3, 0.4) is 0 Å². The van der Waals surface area contributed by atoms with Crippen LogP contribution in [0.15, 0.2) is 6.07 Å². The lowest BCUT2D eigenvalue weighted by molar-refractivity contribution is -0.134. The summed E-state index contributed by atoms with van der Waals surface area (Å²) in [5, 5.41) is 10.00. The highest BCUT2D eigenvalue weighted by atomic mass is 32.2. The van der Waals surface area contributed by atoms with Gasteiger partial charge in [-0.15, -0.1) is 0 Å². The Morgan fingerprint density at radius 3 is 2.43 bits per heavy atom. The topological polar surface area (TPSA) is 110 Å². The van der Waals surface area contributed by atoms with E-state index in [2.05, 4.69) is 15.9 Å². The van der Waals surface area contributed by atoms with Crippen LogP contribution in [0, 0.1) is 11.3 Å². The molecule has 1 aromatic heterocycles. The Hall–Kier alpha value is -2.42. The second kappa shape index (κ2) is 10.7. The van der Waals surface area contributed by atoms with Gasteiger partial charge in [-0.1, -0.05) is 0 Å². The number of nitriles is 1. The third kappa shape index (κ3) is 5.55. The normalized spacial score (nSPS) is 21.8. The average Bonchev–Trinajstić information content (AvgIpc) is 3.72. The number of hydrogen-bond donors (Lipinski definition) is 0. The number of hydrogen-bond acceptors (Lipinski definition) is 8. The standard InChI is InChI=1S/C24H36N6O4S/c1-4-35(32,33)29-11-8-27(9-12-29)21-15-20(16-25)24(26-23(21)19-5-6-19)28-10-13-30(18(2)17-28)22(31)7-14-34-3/h15,18-19H,4-14,17H2,1-3H3. The third-order valence-corrected chi connectivity index (χ3v) is 9.08.